The van der Waals surface area contributed by atoms with E-state index in [9.17, 15) is 9.90 Å². The Kier molecular flexibility index (Phi) is 3.85. The molecule has 2 amide bonds. The van der Waals surface area contributed by atoms with Crippen molar-refractivity contribution in [3.8, 4) is 11.4 Å². The van der Waals surface area contributed by atoms with Crippen molar-refractivity contribution in [1.29, 1.82) is 0 Å². The minimum atomic E-state index is -0.253. The first-order valence-electron chi connectivity index (χ1n) is 7.35. The van der Waals surface area contributed by atoms with Crippen molar-refractivity contribution >= 4 is 11.7 Å². The summed E-state index contributed by atoms with van der Waals surface area (Å²) in [5.41, 5.74) is 1.57. The molecule has 22 heavy (non-hydrogen) atoms. The number of aryl methyl sites for hydroxylation is 1. The summed E-state index contributed by atoms with van der Waals surface area (Å²) in [4.78, 5) is 16.2. The minimum Gasteiger partial charge on any atom is -0.396 e. The Hall–Kier alpha value is -2.34. The highest BCUT2D eigenvalue weighted by Crippen LogP contribution is 2.44. The average molecular weight is 300 g/mol. The standard InChI is InChI=1S/C16H20N4O2/c1-20-8-7-17-14(20)12-3-2-4-13(9-12)19-15(22)18-10-16(11-21)5-6-16/h2-4,7-9,21H,5-6,10-11H2,1H3,(H2,18,19,22). The molecule has 2 aromatic rings. The zero-order valence-electron chi connectivity index (χ0n) is 12.5. The largest absolute Gasteiger partial charge is 0.396 e. The average Bonchev–Trinajstić information content (AvgIpc) is 3.19. The lowest BCUT2D eigenvalue weighted by Gasteiger charge is -2.13. The van der Waals surface area contributed by atoms with Gasteiger partial charge < -0.3 is 20.3 Å². The topological polar surface area (TPSA) is 79.2 Å². The van der Waals surface area contributed by atoms with Crippen LogP contribution in [-0.2, 0) is 7.05 Å². The molecule has 1 aromatic heterocycles. The predicted octanol–water partition coefficient (Wildman–Crippen LogP) is 1.98. The van der Waals surface area contributed by atoms with E-state index in [1.807, 2.05) is 42.1 Å². The van der Waals surface area contributed by atoms with Crippen LogP contribution in [0.3, 0.4) is 0 Å². The van der Waals surface area contributed by atoms with E-state index < -0.39 is 0 Å². The lowest BCUT2D eigenvalue weighted by molar-refractivity contribution is 0.206. The molecule has 3 N–H and O–H groups in total. The van der Waals surface area contributed by atoms with Gasteiger partial charge in [-0.1, -0.05) is 12.1 Å². The summed E-state index contributed by atoms with van der Waals surface area (Å²) in [7, 11) is 1.93. The number of carbonyl (C=O) groups is 1. The molecule has 116 valence electrons. The van der Waals surface area contributed by atoms with E-state index in [1.165, 1.54) is 0 Å². The van der Waals surface area contributed by atoms with Gasteiger partial charge in [0.25, 0.3) is 0 Å². The molecule has 0 saturated heterocycles. The summed E-state index contributed by atoms with van der Waals surface area (Å²) in [6.07, 6.45) is 5.56. The number of nitrogens with zero attached hydrogens (tertiary/aromatic N) is 2. The second-order valence-corrected chi connectivity index (χ2v) is 5.91. The molecule has 6 nitrogen and oxygen atoms in total. The van der Waals surface area contributed by atoms with Crippen LogP contribution in [0, 0.1) is 5.41 Å². The number of anilines is 1. The zero-order chi connectivity index (χ0) is 15.6. The van der Waals surface area contributed by atoms with Crippen molar-refractivity contribution in [2.75, 3.05) is 18.5 Å². The molecule has 1 aliphatic rings. The third-order valence-corrected chi connectivity index (χ3v) is 4.12. The van der Waals surface area contributed by atoms with Gasteiger partial charge in [-0.3, -0.25) is 0 Å². The number of imidazole rings is 1. The quantitative estimate of drug-likeness (QED) is 0.790. The highest BCUT2D eigenvalue weighted by Gasteiger charge is 2.42. The van der Waals surface area contributed by atoms with E-state index >= 15 is 0 Å². The number of hydrogen-bond acceptors (Lipinski definition) is 3. The molecular formula is C16H20N4O2. The highest BCUT2D eigenvalue weighted by molar-refractivity contribution is 5.90. The van der Waals surface area contributed by atoms with Crippen LogP contribution in [0.15, 0.2) is 36.7 Å². The first-order valence-corrected chi connectivity index (χ1v) is 7.35. The van der Waals surface area contributed by atoms with Gasteiger partial charge in [-0.15, -0.1) is 0 Å². The highest BCUT2D eigenvalue weighted by atomic mass is 16.3. The van der Waals surface area contributed by atoms with Gasteiger partial charge in [0.05, 0.1) is 6.61 Å². The molecule has 1 saturated carbocycles. The number of benzene rings is 1. The number of aliphatic hydroxyl groups excluding tert-OH is 1. The molecule has 6 heteroatoms. The molecule has 1 aromatic carbocycles. The number of carbonyl (C=O) groups excluding carboxylic acids is 1. The fourth-order valence-corrected chi connectivity index (χ4v) is 2.39. The zero-order valence-corrected chi connectivity index (χ0v) is 12.5. The van der Waals surface area contributed by atoms with Crippen LogP contribution < -0.4 is 10.6 Å². The molecular weight excluding hydrogens is 280 g/mol. The van der Waals surface area contributed by atoms with Gasteiger partial charge in [0.15, 0.2) is 0 Å². The van der Waals surface area contributed by atoms with Crippen LogP contribution >= 0.6 is 0 Å². The number of hydrogen-bond donors (Lipinski definition) is 3. The Morgan fingerprint density at radius 2 is 2.27 bits per heavy atom. The van der Waals surface area contributed by atoms with Crippen molar-refractivity contribution in [1.82, 2.24) is 14.9 Å². The van der Waals surface area contributed by atoms with Gasteiger partial charge in [-0.25, -0.2) is 9.78 Å². The van der Waals surface area contributed by atoms with Crippen LogP contribution in [0.5, 0.6) is 0 Å². The smallest absolute Gasteiger partial charge is 0.319 e. The summed E-state index contributed by atoms with van der Waals surface area (Å²) >= 11 is 0. The van der Waals surface area contributed by atoms with Gasteiger partial charge in [0, 0.05) is 42.7 Å². The Morgan fingerprint density at radius 1 is 1.45 bits per heavy atom. The lowest BCUT2D eigenvalue weighted by atomic mass is 10.1. The molecule has 0 aliphatic heterocycles. The van der Waals surface area contributed by atoms with Crippen LogP contribution in [0.4, 0.5) is 10.5 Å². The van der Waals surface area contributed by atoms with Crippen molar-refractivity contribution < 1.29 is 9.90 Å². The molecule has 0 atom stereocenters. The van der Waals surface area contributed by atoms with Gasteiger partial charge >= 0.3 is 6.03 Å². The van der Waals surface area contributed by atoms with E-state index in [-0.39, 0.29) is 18.1 Å². The summed E-state index contributed by atoms with van der Waals surface area (Å²) in [5.74, 6) is 0.848. The van der Waals surface area contributed by atoms with E-state index in [0.29, 0.717) is 12.2 Å². The summed E-state index contributed by atoms with van der Waals surface area (Å²) in [6.45, 7) is 0.635. The van der Waals surface area contributed by atoms with E-state index in [1.54, 1.807) is 6.20 Å². The second-order valence-electron chi connectivity index (χ2n) is 5.91. The molecule has 1 fully saturated rings. The number of aliphatic hydroxyl groups is 1. The third kappa shape index (κ3) is 3.12. The van der Waals surface area contributed by atoms with Crippen LogP contribution in [0.2, 0.25) is 0 Å². The molecule has 0 spiro atoms. The monoisotopic (exact) mass is 300 g/mol. The van der Waals surface area contributed by atoms with Crippen molar-refractivity contribution in [3.63, 3.8) is 0 Å². The van der Waals surface area contributed by atoms with Gasteiger partial charge in [0.1, 0.15) is 5.82 Å². The number of amides is 2. The Balaban J connectivity index is 1.63. The van der Waals surface area contributed by atoms with E-state index in [2.05, 4.69) is 15.6 Å². The van der Waals surface area contributed by atoms with Crippen molar-refractivity contribution in [2.24, 2.45) is 12.5 Å². The minimum absolute atomic E-state index is 0.0911. The molecule has 0 bridgehead atoms. The SMILES string of the molecule is Cn1ccnc1-c1cccc(NC(=O)NCC2(CO)CC2)c1. The number of nitrogens with one attached hydrogen (secondary N) is 2. The fraction of sp³-hybridized carbons (Fsp3) is 0.375. The summed E-state index contributed by atoms with van der Waals surface area (Å²) in [6, 6.07) is 7.31. The van der Waals surface area contributed by atoms with Crippen LogP contribution in [0.1, 0.15) is 12.8 Å². The normalized spacial score (nSPS) is 15.4. The first kappa shape index (κ1) is 14.6. The Labute approximate surface area is 129 Å². The summed E-state index contributed by atoms with van der Waals surface area (Å²) < 4.78 is 1.93. The Morgan fingerprint density at radius 3 is 2.91 bits per heavy atom. The van der Waals surface area contributed by atoms with Gasteiger partial charge in [0.2, 0.25) is 0 Å². The number of aromatic nitrogens is 2. The van der Waals surface area contributed by atoms with Gasteiger partial charge in [-0.2, -0.15) is 0 Å². The third-order valence-electron chi connectivity index (χ3n) is 4.12. The van der Waals surface area contributed by atoms with Crippen molar-refractivity contribution in [3.05, 3.63) is 36.7 Å². The molecule has 1 aliphatic carbocycles. The molecule has 1 heterocycles. The number of rotatable bonds is 5. The maximum atomic E-state index is 11.9. The lowest BCUT2D eigenvalue weighted by Crippen LogP contribution is -2.35. The molecule has 3 rings (SSSR count). The van der Waals surface area contributed by atoms with E-state index in [4.69, 9.17) is 0 Å². The summed E-state index contributed by atoms with van der Waals surface area (Å²) in [5, 5.41) is 14.9. The number of urea groups is 1. The van der Waals surface area contributed by atoms with Crippen LogP contribution in [-0.4, -0.2) is 33.8 Å². The van der Waals surface area contributed by atoms with Crippen LogP contribution in [0.25, 0.3) is 11.4 Å². The van der Waals surface area contributed by atoms with E-state index in [0.717, 1.165) is 24.2 Å². The predicted molar refractivity (Wildman–Crippen MR) is 84.4 cm³/mol. The fourth-order valence-electron chi connectivity index (χ4n) is 2.39. The Bertz CT molecular complexity index is 676. The van der Waals surface area contributed by atoms with Gasteiger partial charge in [-0.05, 0) is 25.0 Å². The molecule has 0 radical (unpaired) electrons. The maximum absolute atomic E-state index is 11.9. The first-order chi connectivity index (χ1) is 10.6. The molecule has 0 unspecified atom stereocenters. The van der Waals surface area contributed by atoms with Crippen molar-refractivity contribution in [2.45, 2.75) is 12.8 Å². The second kappa shape index (κ2) is 5.81. The maximum Gasteiger partial charge on any atom is 0.319 e.